The van der Waals surface area contributed by atoms with Gasteiger partial charge in [0.05, 0.1) is 17.0 Å². The first-order valence-electron chi connectivity index (χ1n) is 12.3. The molecule has 0 bridgehead atoms. The molecule has 1 aromatic carbocycles. The lowest BCUT2D eigenvalue weighted by Gasteiger charge is -2.26. The second-order valence-electron chi connectivity index (χ2n) is 9.95. The van der Waals surface area contributed by atoms with Crippen LogP contribution in [0.1, 0.15) is 51.0 Å². The van der Waals surface area contributed by atoms with Gasteiger partial charge in [0, 0.05) is 38.4 Å². The summed E-state index contributed by atoms with van der Waals surface area (Å²) in [6, 6.07) is 3.52. The third-order valence-electron chi connectivity index (χ3n) is 6.04. The number of alkyl carbamates (subject to hydrolysis) is 1. The topological polar surface area (TPSA) is 118 Å². The average Bonchev–Trinajstić information content (AvgIpc) is 3.05. The Labute approximate surface area is 225 Å². The van der Waals surface area contributed by atoms with Crippen LogP contribution in [0.25, 0.3) is 0 Å². The Morgan fingerprint density at radius 1 is 1.24 bits per heavy atom. The fourth-order valence-corrected chi connectivity index (χ4v) is 5.42. The maximum absolute atomic E-state index is 14.3. The minimum absolute atomic E-state index is 0.120. The molecule has 3 atom stereocenters. The predicted octanol–water partition coefficient (Wildman–Crippen LogP) is 3.93. The normalized spacial score (nSPS) is 23.0. The molecule has 0 spiro atoms. The van der Waals surface area contributed by atoms with Gasteiger partial charge in [-0.15, -0.1) is 11.8 Å². The van der Waals surface area contributed by atoms with E-state index in [0.717, 1.165) is 11.8 Å². The minimum atomic E-state index is -0.735. The van der Waals surface area contributed by atoms with Gasteiger partial charge in [-0.2, -0.15) is 0 Å². The SMILES string of the molecule is CN=C(C(=CN)NC(=O)C1=CSC(c2c(F)cccc2F)N1C)C1CCC(NC(=O)OC(C)(C)C)CCO1. The molecule has 0 aliphatic carbocycles. The standard InChI is InChI=1S/C26H35F2N5O4S/c1-26(2,3)37-25(35)31-15-9-10-20(36-12-11-15)22(30-4)18(13-29)32-23(34)19-14-38-24(33(19)5)21-16(27)7-6-8-17(21)28/h6-8,13-15,20,24H,9-12,29H2,1-5H3,(H,31,35)(H,32,34). The smallest absolute Gasteiger partial charge is 0.407 e. The van der Waals surface area contributed by atoms with Gasteiger partial charge in [-0.1, -0.05) is 6.07 Å². The Morgan fingerprint density at radius 2 is 1.92 bits per heavy atom. The van der Waals surface area contributed by atoms with Crippen molar-refractivity contribution in [3.05, 3.63) is 58.4 Å². The lowest BCUT2D eigenvalue weighted by atomic mass is 10.0. The Hall–Kier alpha value is -3.12. The molecule has 2 heterocycles. The van der Waals surface area contributed by atoms with Gasteiger partial charge in [0.25, 0.3) is 5.91 Å². The highest BCUT2D eigenvalue weighted by molar-refractivity contribution is 8.02. The molecule has 3 unspecified atom stereocenters. The van der Waals surface area contributed by atoms with Crippen molar-refractivity contribution in [3.8, 4) is 0 Å². The number of nitrogens with zero attached hydrogens (tertiary/aromatic N) is 2. The molecule has 38 heavy (non-hydrogen) atoms. The van der Waals surface area contributed by atoms with Gasteiger partial charge < -0.3 is 30.7 Å². The number of hydrogen-bond acceptors (Lipinski definition) is 8. The molecule has 3 rings (SSSR count). The Balaban J connectivity index is 1.63. The number of hydrogen-bond donors (Lipinski definition) is 3. The number of aliphatic imine (C=N–C) groups is 1. The number of thioether (sulfide) groups is 1. The number of likely N-dealkylation sites (N-methyl/N-ethyl adjacent to an activating group) is 1. The van der Waals surface area contributed by atoms with E-state index in [-0.39, 0.29) is 23.0 Å². The molecular formula is C26H35F2N5O4S. The number of benzene rings is 1. The molecular weight excluding hydrogens is 516 g/mol. The molecule has 0 radical (unpaired) electrons. The third-order valence-corrected chi connectivity index (χ3v) is 7.21. The summed E-state index contributed by atoms with van der Waals surface area (Å²) in [5.74, 6) is -1.87. The predicted molar refractivity (Wildman–Crippen MR) is 143 cm³/mol. The number of amides is 2. The second kappa shape index (κ2) is 12.6. The van der Waals surface area contributed by atoms with Crippen molar-refractivity contribution in [2.45, 2.75) is 63.2 Å². The zero-order valence-electron chi connectivity index (χ0n) is 22.2. The first-order valence-corrected chi connectivity index (χ1v) is 13.2. The maximum atomic E-state index is 14.3. The van der Waals surface area contributed by atoms with E-state index in [2.05, 4.69) is 15.6 Å². The molecule has 1 aromatic rings. The van der Waals surface area contributed by atoms with Crippen LogP contribution in [0.15, 0.2) is 46.2 Å². The van der Waals surface area contributed by atoms with Crippen LogP contribution in [0.2, 0.25) is 0 Å². The van der Waals surface area contributed by atoms with E-state index in [1.165, 1.54) is 29.3 Å². The lowest BCUT2D eigenvalue weighted by Crippen LogP contribution is -2.39. The van der Waals surface area contributed by atoms with E-state index in [9.17, 15) is 18.4 Å². The quantitative estimate of drug-likeness (QED) is 0.459. The zero-order valence-corrected chi connectivity index (χ0v) is 23.0. The van der Waals surface area contributed by atoms with Crippen LogP contribution >= 0.6 is 11.8 Å². The largest absolute Gasteiger partial charge is 0.444 e. The molecule has 0 aromatic heterocycles. The van der Waals surface area contributed by atoms with E-state index in [1.54, 1.807) is 40.3 Å². The van der Waals surface area contributed by atoms with Crippen LogP contribution in [0.4, 0.5) is 13.6 Å². The van der Waals surface area contributed by atoms with Crippen LogP contribution in [-0.4, -0.2) is 61.1 Å². The summed E-state index contributed by atoms with van der Waals surface area (Å²) >= 11 is 1.13. The molecule has 208 valence electrons. The van der Waals surface area contributed by atoms with Crippen LogP contribution in [0.3, 0.4) is 0 Å². The van der Waals surface area contributed by atoms with Crippen LogP contribution in [-0.2, 0) is 14.3 Å². The van der Waals surface area contributed by atoms with Crippen LogP contribution in [0, 0.1) is 11.6 Å². The van der Waals surface area contributed by atoms with Crippen molar-refractivity contribution in [2.75, 3.05) is 20.7 Å². The van der Waals surface area contributed by atoms with E-state index in [4.69, 9.17) is 15.2 Å². The zero-order chi connectivity index (χ0) is 28.0. The van der Waals surface area contributed by atoms with Crippen LogP contribution < -0.4 is 16.4 Å². The van der Waals surface area contributed by atoms with Gasteiger partial charge in [0.2, 0.25) is 0 Å². The molecule has 9 nitrogen and oxygen atoms in total. The van der Waals surface area contributed by atoms with E-state index < -0.39 is 40.7 Å². The molecule has 12 heteroatoms. The van der Waals surface area contributed by atoms with Crippen molar-refractivity contribution in [3.63, 3.8) is 0 Å². The van der Waals surface area contributed by atoms with Gasteiger partial charge in [-0.3, -0.25) is 9.79 Å². The maximum Gasteiger partial charge on any atom is 0.407 e. The summed E-state index contributed by atoms with van der Waals surface area (Å²) in [7, 11) is 3.16. The first-order chi connectivity index (χ1) is 17.9. The lowest BCUT2D eigenvalue weighted by molar-refractivity contribution is -0.118. The summed E-state index contributed by atoms with van der Waals surface area (Å²) in [5.41, 5.74) is 6.08. The Morgan fingerprint density at radius 3 is 2.53 bits per heavy atom. The highest BCUT2D eigenvalue weighted by Gasteiger charge is 2.34. The van der Waals surface area contributed by atoms with Crippen molar-refractivity contribution >= 4 is 29.5 Å². The second-order valence-corrected chi connectivity index (χ2v) is 10.9. The van der Waals surface area contributed by atoms with Gasteiger partial charge >= 0.3 is 6.09 Å². The molecule has 2 amide bonds. The van der Waals surface area contributed by atoms with Crippen molar-refractivity contribution in [1.82, 2.24) is 15.5 Å². The fraction of sp³-hybridized carbons (Fsp3) is 0.500. The van der Waals surface area contributed by atoms with Crippen molar-refractivity contribution < 1.29 is 27.8 Å². The molecule has 2 aliphatic heterocycles. The van der Waals surface area contributed by atoms with Crippen molar-refractivity contribution in [2.24, 2.45) is 10.7 Å². The number of nitrogens with one attached hydrogen (secondary N) is 2. The number of carbonyl (C=O) groups is 2. The minimum Gasteiger partial charge on any atom is -0.444 e. The third kappa shape index (κ3) is 7.25. The molecule has 1 saturated heterocycles. The number of halogens is 2. The summed E-state index contributed by atoms with van der Waals surface area (Å²) < 4.78 is 40.0. The number of nitrogens with two attached hydrogens (primary N) is 1. The first kappa shape index (κ1) is 29.4. The van der Waals surface area contributed by atoms with E-state index in [0.29, 0.717) is 31.6 Å². The van der Waals surface area contributed by atoms with Gasteiger partial charge in [-0.05, 0) is 52.2 Å². The average molecular weight is 552 g/mol. The summed E-state index contributed by atoms with van der Waals surface area (Å²) in [5, 5.41) is 6.46. The summed E-state index contributed by atoms with van der Waals surface area (Å²) in [6.45, 7) is 5.76. The molecule has 2 aliphatic rings. The van der Waals surface area contributed by atoms with Crippen molar-refractivity contribution in [1.29, 1.82) is 0 Å². The Kier molecular flexibility index (Phi) is 9.77. The van der Waals surface area contributed by atoms with Gasteiger partial charge in [0.15, 0.2) is 0 Å². The molecule has 1 fully saturated rings. The number of ether oxygens (including phenoxy) is 2. The molecule has 4 N–H and O–H groups in total. The Bertz CT molecular complexity index is 1110. The summed E-state index contributed by atoms with van der Waals surface area (Å²) in [4.78, 5) is 31.2. The van der Waals surface area contributed by atoms with Gasteiger partial charge in [0.1, 0.15) is 34.4 Å². The monoisotopic (exact) mass is 551 g/mol. The van der Waals surface area contributed by atoms with Crippen LogP contribution in [0.5, 0.6) is 0 Å². The molecule has 0 saturated carbocycles. The highest BCUT2D eigenvalue weighted by atomic mass is 32.2. The fourth-order valence-electron chi connectivity index (χ4n) is 4.23. The van der Waals surface area contributed by atoms with E-state index in [1.807, 2.05) is 0 Å². The number of rotatable bonds is 6. The number of carbonyl (C=O) groups excluding carboxylic acids is 2. The van der Waals surface area contributed by atoms with Gasteiger partial charge in [-0.25, -0.2) is 13.6 Å². The highest BCUT2D eigenvalue weighted by Crippen LogP contribution is 2.43. The summed E-state index contributed by atoms with van der Waals surface area (Å²) in [6.07, 6.45) is 2.00. The van der Waals surface area contributed by atoms with E-state index >= 15 is 0 Å².